The van der Waals surface area contributed by atoms with Gasteiger partial charge in [0.05, 0.1) is 0 Å². The zero-order chi connectivity index (χ0) is 13.8. The lowest BCUT2D eigenvalue weighted by atomic mass is 10.3. The van der Waals surface area contributed by atoms with E-state index in [9.17, 15) is 0 Å². The molecular weight excluding hydrogens is 244 g/mol. The van der Waals surface area contributed by atoms with Crippen LogP contribution in [-0.2, 0) is 0 Å². The third kappa shape index (κ3) is 6.90. The first-order chi connectivity index (χ1) is 9.38. The molecule has 0 aliphatic carbocycles. The molecule has 1 heteroatoms. The second-order valence-corrected chi connectivity index (χ2v) is 6.80. The highest BCUT2D eigenvalue weighted by molar-refractivity contribution is 6.87. The molecule has 0 unspecified atom stereocenters. The van der Waals surface area contributed by atoms with Crippen LogP contribution in [0, 0.1) is 22.9 Å². The van der Waals surface area contributed by atoms with Crippen molar-refractivity contribution in [2.75, 3.05) is 0 Å². The van der Waals surface area contributed by atoms with Crippen LogP contribution in [0.1, 0.15) is 52.4 Å². The number of hydrogen-bond donors (Lipinski definition) is 0. The largest absolute Gasteiger partial charge is 0.231 e. The van der Waals surface area contributed by atoms with Gasteiger partial charge < -0.3 is 0 Å². The first kappa shape index (κ1) is 15.6. The van der Waals surface area contributed by atoms with E-state index in [1.807, 2.05) is 0 Å². The molecule has 0 N–H and O–H groups in total. The molecule has 0 nitrogen and oxygen atoms in total. The third-order valence-electron chi connectivity index (χ3n) is 2.94. The highest BCUT2D eigenvalue weighted by Gasteiger charge is 2.06. The summed E-state index contributed by atoms with van der Waals surface area (Å²) in [5, 5.41) is 1.36. The normalized spacial score (nSPS) is 9.42. The lowest BCUT2D eigenvalue weighted by Crippen LogP contribution is -2.27. The van der Waals surface area contributed by atoms with Crippen LogP contribution in [0.5, 0.6) is 0 Å². The van der Waals surface area contributed by atoms with Crippen molar-refractivity contribution in [3.05, 3.63) is 30.3 Å². The van der Waals surface area contributed by atoms with Gasteiger partial charge in [-0.1, -0.05) is 57.0 Å². The SMILES string of the molecule is CCCCC#C[SiH](C#CCCCC)c1ccccc1. The van der Waals surface area contributed by atoms with Crippen LogP contribution in [0.2, 0.25) is 0 Å². The molecule has 0 saturated carbocycles. The van der Waals surface area contributed by atoms with Gasteiger partial charge in [-0.2, -0.15) is 0 Å². The van der Waals surface area contributed by atoms with Gasteiger partial charge in [-0.25, -0.2) is 0 Å². The average Bonchev–Trinajstić information content (AvgIpc) is 2.46. The van der Waals surface area contributed by atoms with E-state index < -0.39 is 8.80 Å². The molecule has 0 amide bonds. The van der Waals surface area contributed by atoms with Gasteiger partial charge >= 0.3 is 0 Å². The Morgan fingerprint density at radius 3 is 1.84 bits per heavy atom. The second-order valence-electron chi connectivity index (χ2n) is 4.69. The van der Waals surface area contributed by atoms with Crippen molar-refractivity contribution in [2.45, 2.75) is 52.4 Å². The van der Waals surface area contributed by atoms with Gasteiger partial charge in [0.1, 0.15) is 0 Å². The van der Waals surface area contributed by atoms with Crippen molar-refractivity contribution in [1.29, 1.82) is 0 Å². The number of rotatable bonds is 5. The molecule has 0 aliphatic heterocycles. The quantitative estimate of drug-likeness (QED) is 0.435. The molecule has 0 bridgehead atoms. The smallest absolute Gasteiger partial charge is 0.114 e. The summed E-state index contributed by atoms with van der Waals surface area (Å²) in [6.45, 7) is 4.41. The van der Waals surface area contributed by atoms with E-state index >= 15 is 0 Å². The fraction of sp³-hybridized carbons (Fsp3) is 0.444. The van der Waals surface area contributed by atoms with Crippen molar-refractivity contribution in [3.63, 3.8) is 0 Å². The highest BCUT2D eigenvalue weighted by atomic mass is 28.3. The van der Waals surface area contributed by atoms with Crippen LogP contribution >= 0.6 is 0 Å². The minimum Gasteiger partial charge on any atom is -0.114 e. The summed E-state index contributed by atoms with van der Waals surface area (Å²) in [5.41, 5.74) is 6.93. The fourth-order valence-corrected chi connectivity index (χ4v) is 3.44. The third-order valence-corrected chi connectivity index (χ3v) is 4.97. The molecule has 100 valence electrons. The molecule has 1 aromatic rings. The molecule has 0 aromatic heterocycles. The Morgan fingerprint density at radius 1 is 0.842 bits per heavy atom. The van der Waals surface area contributed by atoms with Crippen LogP contribution in [-0.4, -0.2) is 8.80 Å². The van der Waals surface area contributed by atoms with Crippen LogP contribution in [0.15, 0.2) is 30.3 Å². The van der Waals surface area contributed by atoms with E-state index in [-0.39, 0.29) is 0 Å². The van der Waals surface area contributed by atoms with Gasteiger partial charge in [-0.3, -0.25) is 0 Å². The average molecular weight is 268 g/mol. The zero-order valence-electron chi connectivity index (χ0n) is 12.2. The zero-order valence-corrected chi connectivity index (χ0v) is 13.4. The second kappa shape index (κ2) is 10.5. The predicted molar refractivity (Wildman–Crippen MR) is 87.8 cm³/mol. The van der Waals surface area contributed by atoms with Crippen LogP contribution < -0.4 is 5.19 Å². The van der Waals surface area contributed by atoms with E-state index in [2.05, 4.69) is 67.1 Å². The van der Waals surface area contributed by atoms with E-state index in [0.717, 1.165) is 12.8 Å². The molecule has 19 heavy (non-hydrogen) atoms. The van der Waals surface area contributed by atoms with Gasteiger partial charge in [0.25, 0.3) is 0 Å². The maximum atomic E-state index is 3.46. The lowest BCUT2D eigenvalue weighted by molar-refractivity contribution is 0.828. The maximum Gasteiger partial charge on any atom is 0.231 e. The number of benzene rings is 1. The van der Waals surface area contributed by atoms with Crippen molar-refractivity contribution < 1.29 is 0 Å². The van der Waals surface area contributed by atoms with Crippen LogP contribution in [0.4, 0.5) is 0 Å². The number of hydrogen-bond acceptors (Lipinski definition) is 0. The Bertz CT molecular complexity index is 427. The topological polar surface area (TPSA) is 0 Å². The van der Waals surface area contributed by atoms with Crippen molar-refractivity contribution in [1.82, 2.24) is 0 Å². The Morgan fingerprint density at radius 2 is 1.37 bits per heavy atom. The minimum absolute atomic E-state index is 1.02. The molecule has 0 saturated heterocycles. The highest BCUT2D eigenvalue weighted by Crippen LogP contribution is 1.94. The molecule has 0 radical (unpaired) electrons. The monoisotopic (exact) mass is 268 g/mol. The standard InChI is InChI=1S/C18H24Si/c1-3-5-7-12-16-19(17-13-8-6-4-2)18-14-10-9-11-15-18/h9-11,14-15,19H,3-8H2,1-2H3. The maximum absolute atomic E-state index is 3.46. The van der Waals surface area contributed by atoms with E-state index in [1.54, 1.807) is 0 Å². The number of unbranched alkanes of at least 4 members (excludes halogenated alkanes) is 4. The van der Waals surface area contributed by atoms with Crippen molar-refractivity contribution >= 4 is 14.0 Å². The minimum atomic E-state index is -1.40. The van der Waals surface area contributed by atoms with Gasteiger partial charge in [0.15, 0.2) is 0 Å². The summed E-state index contributed by atoms with van der Waals surface area (Å²) in [5.74, 6) is 6.67. The summed E-state index contributed by atoms with van der Waals surface area (Å²) in [7, 11) is -1.40. The van der Waals surface area contributed by atoms with Crippen LogP contribution in [0.25, 0.3) is 0 Å². The fourth-order valence-electron chi connectivity index (χ4n) is 1.73. The Balaban J connectivity index is 2.72. The summed E-state index contributed by atoms with van der Waals surface area (Å²) < 4.78 is 0. The molecule has 0 fully saturated rings. The van der Waals surface area contributed by atoms with Gasteiger partial charge in [-0.15, -0.1) is 22.9 Å². The van der Waals surface area contributed by atoms with Gasteiger partial charge in [-0.05, 0) is 18.0 Å². The summed E-state index contributed by atoms with van der Waals surface area (Å²) in [4.78, 5) is 0. The summed E-state index contributed by atoms with van der Waals surface area (Å²) >= 11 is 0. The van der Waals surface area contributed by atoms with Gasteiger partial charge in [0.2, 0.25) is 8.80 Å². The molecule has 0 aliphatic rings. The molecule has 0 atom stereocenters. The van der Waals surface area contributed by atoms with E-state index in [4.69, 9.17) is 0 Å². The van der Waals surface area contributed by atoms with Gasteiger partial charge in [0, 0.05) is 12.8 Å². The molecule has 0 spiro atoms. The van der Waals surface area contributed by atoms with Crippen molar-refractivity contribution in [3.8, 4) is 22.9 Å². The van der Waals surface area contributed by atoms with Crippen molar-refractivity contribution in [2.24, 2.45) is 0 Å². The predicted octanol–water partition coefficient (Wildman–Crippen LogP) is 3.59. The first-order valence-corrected chi connectivity index (χ1v) is 9.13. The Kier molecular flexibility index (Phi) is 8.61. The van der Waals surface area contributed by atoms with E-state index in [1.165, 1.54) is 30.9 Å². The molecule has 1 aromatic carbocycles. The van der Waals surface area contributed by atoms with Crippen LogP contribution in [0.3, 0.4) is 0 Å². The Labute approximate surface area is 120 Å². The Hall–Kier alpha value is -1.44. The molecule has 0 heterocycles. The molecular formula is C18H24Si. The lowest BCUT2D eigenvalue weighted by Gasteiger charge is -2.00. The summed E-state index contributed by atoms with van der Waals surface area (Å²) in [6, 6.07) is 10.6. The summed E-state index contributed by atoms with van der Waals surface area (Å²) in [6.07, 6.45) is 6.87. The first-order valence-electron chi connectivity index (χ1n) is 7.40. The molecule has 1 rings (SSSR count). The van der Waals surface area contributed by atoms with E-state index in [0.29, 0.717) is 0 Å².